The summed E-state index contributed by atoms with van der Waals surface area (Å²) in [5, 5.41) is 15.4. The molecular formula is C35H64N2O6. The van der Waals surface area contributed by atoms with Crippen LogP contribution in [-0.2, 0) is 23.9 Å². The fourth-order valence-electron chi connectivity index (χ4n) is 5.31. The lowest BCUT2D eigenvalue weighted by atomic mass is 9.85. The summed E-state index contributed by atoms with van der Waals surface area (Å²) in [6.45, 7) is 14.3. The molecule has 43 heavy (non-hydrogen) atoms. The molecule has 0 bridgehead atoms. The van der Waals surface area contributed by atoms with Gasteiger partial charge in [-0.25, -0.2) is 0 Å². The average molecular weight is 609 g/mol. The first-order chi connectivity index (χ1) is 20.2. The summed E-state index contributed by atoms with van der Waals surface area (Å²) in [7, 11) is 0. The number of carboxylic acid groups (broad SMARTS) is 1. The van der Waals surface area contributed by atoms with E-state index in [0.717, 1.165) is 25.7 Å². The molecule has 1 heterocycles. The van der Waals surface area contributed by atoms with Gasteiger partial charge in [0.15, 0.2) is 5.79 Å². The molecule has 0 spiro atoms. The SMILES string of the molecule is CCCCCCCCC=CCCCCCCC(C)(C)C(=O)NCCCC(CNC(=O)C1OC(C)(C)OCC1(C)C)C(=O)O. The standard InChI is InChI=1S/C35H64N2O6/c1-8-9-10-11-12-13-14-15-16-17-18-19-20-21-24-33(2,3)32(41)36-25-22-23-28(31(39)40)26-37-30(38)29-34(4,5)27-42-35(6,7)43-29/h15-16,28-29H,8-14,17-27H2,1-7H3,(H,36,41)(H,37,38)(H,39,40). The first-order valence-corrected chi connectivity index (χ1v) is 17.0. The highest BCUT2D eigenvalue weighted by atomic mass is 16.7. The second-order valence-corrected chi connectivity index (χ2v) is 14.2. The van der Waals surface area contributed by atoms with E-state index in [1.165, 1.54) is 57.8 Å². The number of rotatable bonds is 23. The number of aliphatic carboxylic acids is 1. The normalized spacial score (nSPS) is 18.8. The first-order valence-electron chi connectivity index (χ1n) is 17.0. The van der Waals surface area contributed by atoms with Crippen molar-refractivity contribution >= 4 is 17.8 Å². The van der Waals surface area contributed by atoms with Crippen LogP contribution in [0, 0.1) is 16.7 Å². The van der Waals surface area contributed by atoms with Gasteiger partial charge in [0.2, 0.25) is 11.8 Å². The Balaban J connectivity index is 2.23. The Bertz CT molecular complexity index is 851. The van der Waals surface area contributed by atoms with Crippen LogP contribution in [0.5, 0.6) is 0 Å². The minimum Gasteiger partial charge on any atom is -0.481 e. The molecule has 8 heteroatoms. The predicted octanol–water partition coefficient (Wildman–Crippen LogP) is 7.55. The van der Waals surface area contributed by atoms with Gasteiger partial charge in [-0.15, -0.1) is 0 Å². The van der Waals surface area contributed by atoms with Crippen LogP contribution in [0.4, 0.5) is 0 Å². The molecule has 1 aliphatic heterocycles. The summed E-state index contributed by atoms with van der Waals surface area (Å²) in [5.41, 5.74) is -0.985. The molecule has 0 aromatic rings. The van der Waals surface area contributed by atoms with Crippen molar-refractivity contribution in [1.29, 1.82) is 0 Å². The van der Waals surface area contributed by atoms with Crippen LogP contribution in [-0.4, -0.2) is 54.5 Å². The molecule has 0 aromatic heterocycles. The zero-order valence-corrected chi connectivity index (χ0v) is 28.5. The van der Waals surface area contributed by atoms with E-state index in [-0.39, 0.29) is 18.4 Å². The molecule has 8 nitrogen and oxygen atoms in total. The lowest BCUT2D eigenvalue weighted by Gasteiger charge is -2.44. The van der Waals surface area contributed by atoms with Gasteiger partial charge in [-0.3, -0.25) is 14.4 Å². The summed E-state index contributed by atoms with van der Waals surface area (Å²) >= 11 is 0. The van der Waals surface area contributed by atoms with Crippen molar-refractivity contribution in [3.63, 3.8) is 0 Å². The molecule has 250 valence electrons. The number of allylic oxidation sites excluding steroid dienone is 2. The van der Waals surface area contributed by atoms with Crippen molar-refractivity contribution in [2.75, 3.05) is 19.7 Å². The van der Waals surface area contributed by atoms with Gasteiger partial charge in [-0.1, -0.05) is 98.1 Å². The van der Waals surface area contributed by atoms with Crippen molar-refractivity contribution in [3.8, 4) is 0 Å². The molecule has 1 fully saturated rings. The second-order valence-electron chi connectivity index (χ2n) is 14.2. The third-order valence-corrected chi connectivity index (χ3v) is 8.46. The molecule has 1 aliphatic rings. The molecule has 1 rings (SSSR count). The quantitative estimate of drug-likeness (QED) is 0.0815. The van der Waals surface area contributed by atoms with E-state index in [1.807, 2.05) is 27.7 Å². The Kier molecular flexibility index (Phi) is 18.3. The molecule has 0 saturated carbocycles. The third kappa shape index (κ3) is 16.6. The molecule has 0 radical (unpaired) electrons. The Morgan fingerprint density at radius 3 is 2.07 bits per heavy atom. The number of hydrogen-bond acceptors (Lipinski definition) is 5. The number of ether oxygens (including phenoxy) is 2. The van der Waals surface area contributed by atoms with E-state index in [9.17, 15) is 19.5 Å². The minimum absolute atomic E-state index is 0.00631. The van der Waals surface area contributed by atoms with E-state index in [0.29, 0.717) is 26.0 Å². The molecule has 3 N–H and O–H groups in total. The lowest BCUT2D eigenvalue weighted by molar-refractivity contribution is -0.304. The van der Waals surface area contributed by atoms with Gasteiger partial charge in [-0.2, -0.15) is 0 Å². The number of amides is 2. The van der Waals surface area contributed by atoms with Crippen molar-refractivity contribution in [1.82, 2.24) is 10.6 Å². The molecule has 2 amide bonds. The van der Waals surface area contributed by atoms with Crippen LogP contribution in [0.25, 0.3) is 0 Å². The monoisotopic (exact) mass is 608 g/mol. The highest BCUT2D eigenvalue weighted by Gasteiger charge is 2.45. The van der Waals surface area contributed by atoms with E-state index < -0.39 is 34.6 Å². The van der Waals surface area contributed by atoms with Crippen molar-refractivity contribution < 1.29 is 29.0 Å². The number of carboxylic acids is 1. The van der Waals surface area contributed by atoms with E-state index in [4.69, 9.17) is 9.47 Å². The molecule has 2 unspecified atom stereocenters. The minimum atomic E-state index is -0.965. The maximum atomic E-state index is 12.9. The Labute approximate surface area is 262 Å². The summed E-state index contributed by atoms with van der Waals surface area (Å²) in [6.07, 6.45) is 20.6. The largest absolute Gasteiger partial charge is 0.481 e. The maximum Gasteiger partial charge on any atom is 0.308 e. The Hall–Kier alpha value is -1.93. The highest BCUT2D eigenvalue weighted by molar-refractivity contribution is 5.82. The van der Waals surface area contributed by atoms with Crippen LogP contribution in [0.1, 0.15) is 145 Å². The van der Waals surface area contributed by atoms with Crippen LogP contribution in [0.3, 0.4) is 0 Å². The van der Waals surface area contributed by atoms with Crippen molar-refractivity contribution in [2.45, 2.75) is 157 Å². The lowest BCUT2D eigenvalue weighted by Crippen LogP contribution is -2.57. The number of hydrogen-bond donors (Lipinski definition) is 3. The fraction of sp³-hybridized carbons (Fsp3) is 0.857. The zero-order valence-electron chi connectivity index (χ0n) is 28.5. The third-order valence-electron chi connectivity index (χ3n) is 8.46. The van der Waals surface area contributed by atoms with Gasteiger partial charge >= 0.3 is 5.97 Å². The van der Waals surface area contributed by atoms with Crippen LogP contribution < -0.4 is 10.6 Å². The summed E-state index contributed by atoms with van der Waals surface area (Å²) in [6, 6.07) is 0. The molecule has 1 saturated heterocycles. The van der Waals surface area contributed by atoms with Crippen molar-refractivity contribution in [3.05, 3.63) is 12.2 Å². The topological polar surface area (TPSA) is 114 Å². The van der Waals surface area contributed by atoms with Gasteiger partial charge in [0.25, 0.3) is 0 Å². The average Bonchev–Trinajstić information content (AvgIpc) is 2.93. The highest BCUT2D eigenvalue weighted by Crippen LogP contribution is 2.35. The molecular weight excluding hydrogens is 544 g/mol. The Morgan fingerprint density at radius 2 is 1.47 bits per heavy atom. The number of carbonyl (C=O) groups excluding carboxylic acids is 2. The molecule has 2 atom stereocenters. The van der Waals surface area contributed by atoms with Gasteiger partial charge in [-0.05, 0) is 58.8 Å². The van der Waals surface area contributed by atoms with Gasteiger partial charge < -0.3 is 25.2 Å². The predicted molar refractivity (Wildman–Crippen MR) is 174 cm³/mol. The van der Waals surface area contributed by atoms with E-state index in [2.05, 4.69) is 29.7 Å². The Morgan fingerprint density at radius 1 is 0.884 bits per heavy atom. The fourth-order valence-corrected chi connectivity index (χ4v) is 5.31. The summed E-state index contributed by atoms with van der Waals surface area (Å²) in [4.78, 5) is 37.5. The molecule has 0 aromatic carbocycles. The van der Waals surface area contributed by atoms with Gasteiger partial charge in [0, 0.05) is 23.9 Å². The van der Waals surface area contributed by atoms with Gasteiger partial charge in [0.1, 0.15) is 6.10 Å². The second kappa shape index (κ2) is 20.2. The molecule has 0 aliphatic carbocycles. The van der Waals surface area contributed by atoms with Crippen LogP contribution in [0.2, 0.25) is 0 Å². The smallest absolute Gasteiger partial charge is 0.308 e. The van der Waals surface area contributed by atoms with Crippen molar-refractivity contribution in [2.24, 2.45) is 16.7 Å². The van der Waals surface area contributed by atoms with Crippen LogP contribution >= 0.6 is 0 Å². The number of nitrogens with one attached hydrogen (secondary N) is 2. The first kappa shape index (κ1) is 39.1. The van der Waals surface area contributed by atoms with Gasteiger partial charge in [0.05, 0.1) is 12.5 Å². The van der Waals surface area contributed by atoms with E-state index >= 15 is 0 Å². The zero-order chi connectivity index (χ0) is 32.4. The summed E-state index contributed by atoms with van der Waals surface area (Å²) in [5.74, 6) is -2.91. The summed E-state index contributed by atoms with van der Waals surface area (Å²) < 4.78 is 11.5. The number of unbranched alkanes of at least 4 members (excludes halogenated alkanes) is 10. The van der Waals surface area contributed by atoms with E-state index in [1.54, 1.807) is 13.8 Å². The number of carbonyl (C=O) groups is 3. The van der Waals surface area contributed by atoms with Crippen LogP contribution in [0.15, 0.2) is 12.2 Å². The maximum absolute atomic E-state index is 12.9.